The van der Waals surface area contributed by atoms with Crippen molar-refractivity contribution in [3.05, 3.63) is 98.3 Å². The highest BCUT2D eigenvalue weighted by Crippen LogP contribution is 2.36. The molecule has 0 aliphatic carbocycles. The number of carbonyl (C=O) groups is 1. The average molecular weight is 517 g/mol. The number of amides is 1. The molecule has 4 rings (SSSR count). The van der Waals surface area contributed by atoms with E-state index in [4.69, 9.17) is 28.6 Å². The van der Waals surface area contributed by atoms with Gasteiger partial charge in [-0.2, -0.15) is 0 Å². The van der Waals surface area contributed by atoms with E-state index in [1.165, 1.54) is 11.8 Å². The van der Waals surface area contributed by atoms with Crippen LogP contribution in [0.5, 0.6) is 5.75 Å². The fourth-order valence-electron chi connectivity index (χ4n) is 2.88. The molecule has 0 N–H and O–H groups in total. The predicted molar refractivity (Wildman–Crippen MR) is 132 cm³/mol. The third-order valence-corrected chi connectivity index (χ3v) is 6.54. The van der Waals surface area contributed by atoms with Gasteiger partial charge in [0, 0.05) is 5.02 Å². The molecule has 1 saturated heterocycles. The quantitative estimate of drug-likeness (QED) is 0.267. The van der Waals surface area contributed by atoms with E-state index in [1.807, 2.05) is 78.9 Å². The Bertz CT molecular complexity index is 1130. The third-order valence-electron chi connectivity index (χ3n) is 4.37. The van der Waals surface area contributed by atoms with Crippen molar-refractivity contribution in [1.29, 1.82) is 0 Å². The third kappa shape index (κ3) is 4.78. The number of benzene rings is 3. The number of nitrogens with zero attached hydrogens (tertiary/aromatic N) is 1. The van der Waals surface area contributed by atoms with Gasteiger partial charge in [0.2, 0.25) is 0 Å². The van der Waals surface area contributed by atoms with Gasteiger partial charge in [-0.05, 0) is 69.5 Å². The van der Waals surface area contributed by atoms with Crippen LogP contribution in [0.2, 0.25) is 5.02 Å². The van der Waals surface area contributed by atoms with Crippen molar-refractivity contribution in [1.82, 2.24) is 0 Å². The molecule has 150 valence electrons. The van der Waals surface area contributed by atoms with Crippen molar-refractivity contribution >= 4 is 73.5 Å². The Balaban J connectivity index is 1.49. The highest BCUT2D eigenvalue weighted by molar-refractivity contribution is 9.10. The molecule has 7 heteroatoms. The summed E-state index contributed by atoms with van der Waals surface area (Å²) in [5.41, 5.74) is 2.68. The summed E-state index contributed by atoms with van der Waals surface area (Å²) in [7, 11) is 0. The molecule has 3 aromatic rings. The molecular formula is C23H15BrClNO2S2. The van der Waals surface area contributed by atoms with Crippen LogP contribution in [0.15, 0.2) is 82.2 Å². The van der Waals surface area contributed by atoms with E-state index in [-0.39, 0.29) is 5.91 Å². The number of anilines is 1. The van der Waals surface area contributed by atoms with Crippen LogP contribution in [0.1, 0.15) is 11.1 Å². The van der Waals surface area contributed by atoms with E-state index in [0.717, 1.165) is 27.0 Å². The maximum Gasteiger partial charge on any atom is 0.270 e. The van der Waals surface area contributed by atoms with Gasteiger partial charge in [-0.25, -0.2) is 0 Å². The first-order valence-electron chi connectivity index (χ1n) is 9.01. The first-order valence-corrected chi connectivity index (χ1v) is 11.4. The standard InChI is InChI=1S/C23H15BrClNO2S2/c24-19-12-16(8-11-20(19)28-14-15-6-9-17(25)10-7-15)13-21-22(27)26(23(29)30-21)18-4-2-1-3-5-18/h1-13H,14H2/b21-13+. The number of thiocarbonyl (C=S) groups is 1. The number of thioether (sulfide) groups is 1. The van der Waals surface area contributed by atoms with E-state index >= 15 is 0 Å². The SMILES string of the molecule is O=C1/C(=C\c2ccc(OCc3ccc(Cl)cc3)c(Br)c2)SC(=S)N1c1ccccc1. The molecule has 1 amide bonds. The van der Waals surface area contributed by atoms with Gasteiger partial charge >= 0.3 is 0 Å². The minimum atomic E-state index is -0.115. The molecule has 1 fully saturated rings. The van der Waals surface area contributed by atoms with Crippen LogP contribution in [0.3, 0.4) is 0 Å². The number of para-hydroxylation sites is 1. The summed E-state index contributed by atoms with van der Waals surface area (Å²) in [6, 6.07) is 22.7. The van der Waals surface area contributed by atoms with Gasteiger partial charge < -0.3 is 4.74 Å². The van der Waals surface area contributed by atoms with E-state index in [1.54, 1.807) is 4.90 Å². The number of halogens is 2. The molecule has 1 heterocycles. The van der Waals surface area contributed by atoms with Gasteiger partial charge in [0.25, 0.3) is 5.91 Å². The van der Waals surface area contributed by atoms with Crippen molar-refractivity contribution in [2.45, 2.75) is 6.61 Å². The van der Waals surface area contributed by atoms with E-state index in [9.17, 15) is 4.79 Å². The molecule has 0 radical (unpaired) electrons. The highest BCUT2D eigenvalue weighted by atomic mass is 79.9. The molecule has 0 spiro atoms. The van der Waals surface area contributed by atoms with E-state index < -0.39 is 0 Å². The summed E-state index contributed by atoms with van der Waals surface area (Å²) in [5, 5.41) is 0.696. The summed E-state index contributed by atoms with van der Waals surface area (Å²) in [6.45, 7) is 0.435. The molecule has 1 aliphatic rings. The lowest BCUT2D eigenvalue weighted by Crippen LogP contribution is -2.27. The molecular weight excluding hydrogens is 502 g/mol. The van der Waals surface area contributed by atoms with Gasteiger partial charge in [0.1, 0.15) is 12.4 Å². The second-order valence-corrected chi connectivity index (χ2v) is 9.42. The van der Waals surface area contributed by atoms with Crippen LogP contribution in [-0.2, 0) is 11.4 Å². The highest BCUT2D eigenvalue weighted by Gasteiger charge is 2.33. The Morgan fingerprint density at radius 1 is 1.07 bits per heavy atom. The second kappa shape index (κ2) is 9.35. The number of carbonyl (C=O) groups excluding carboxylic acids is 1. The topological polar surface area (TPSA) is 29.5 Å². The van der Waals surface area contributed by atoms with Gasteiger partial charge in [-0.3, -0.25) is 9.69 Å². The fraction of sp³-hybridized carbons (Fsp3) is 0.0435. The van der Waals surface area contributed by atoms with Gasteiger partial charge in [0.05, 0.1) is 15.1 Å². The zero-order chi connectivity index (χ0) is 21.1. The first-order chi connectivity index (χ1) is 14.5. The number of hydrogen-bond donors (Lipinski definition) is 0. The molecule has 3 aromatic carbocycles. The summed E-state index contributed by atoms with van der Waals surface area (Å²) >= 11 is 16.2. The molecule has 0 unspecified atom stereocenters. The Morgan fingerprint density at radius 2 is 1.80 bits per heavy atom. The summed E-state index contributed by atoms with van der Waals surface area (Å²) in [4.78, 5) is 15.0. The molecule has 0 atom stereocenters. The van der Waals surface area contributed by atoms with Crippen molar-refractivity contribution in [2.24, 2.45) is 0 Å². The Morgan fingerprint density at radius 3 is 2.50 bits per heavy atom. The van der Waals surface area contributed by atoms with Gasteiger partial charge in [-0.15, -0.1) is 0 Å². The summed E-state index contributed by atoms with van der Waals surface area (Å²) in [5.74, 6) is 0.606. The van der Waals surface area contributed by atoms with E-state index in [2.05, 4.69) is 15.9 Å². The lowest BCUT2D eigenvalue weighted by molar-refractivity contribution is -0.113. The largest absolute Gasteiger partial charge is 0.488 e. The molecule has 1 aliphatic heterocycles. The minimum absolute atomic E-state index is 0.115. The normalized spacial score (nSPS) is 15.1. The Kier molecular flexibility index (Phi) is 6.58. The minimum Gasteiger partial charge on any atom is -0.488 e. The molecule has 3 nitrogen and oxygen atoms in total. The van der Waals surface area contributed by atoms with Gasteiger partial charge in [0.15, 0.2) is 4.32 Å². The number of ether oxygens (including phenoxy) is 1. The van der Waals surface area contributed by atoms with Crippen LogP contribution in [0.4, 0.5) is 5.69 Å². The average Bonchev–Trinajstić information content (AvgIpc) is 3.02. The van der Waals surface area contributed by atoms with Crippen molar-refractivity contribution < 1.29 is 9.53 Å². The van der Waals surface area contributed by atoms with Crippen LogP contribution < -0.4 is 9.64 Å². The first kappa shape index (κ1) is 21.1. The van der Waals surface area contributed by atoms with Crippen LogP contribution in [0.25, 0.3) is 6.08 Å². The van der Waals surface area contributed by atoms with Crippen LogP contribution >= 0.6 is 51.5 Å². The fourth-order valence-corrected chi connectivity index (χ4v) is 4.82. The zero-order valence-electron chi connectivity index (χ0n) is 15.5. The molecule has 0 aromatic heterocycles. The number of rotatable bonds is 5. The van der Waals surface area contributed by atoms with E-state index in [0.29, 0.717) is 20.9 Å². The van der Waals surface area contributed by atoms with Crippen LogP contribution in [0, 0.1) is 0 Å². The monoisotopic (exact) mass is 515 g/mol. The van der Waals surface area contributed by atoms with Crippen LogP contribution in [-0.4, -0.2) is 10.2 Å². The lowest BCUT2D eigenvalue weighted by Gasteiger charge is -2.13. The molecule has 30 heavy (non-hydrogen) atoms. The lowest BCUT2D eigenvalue weighted by atomic mass is 10.2. The molecule has 0 saturated carbocycles. The number of hydrogen-bond acceptors (Lipinski definition) is 4. The summed E-state index contributed by atoms with van der Waals surface area (Å²) < 4.78 is 7.23. The van der Waals surface area contributed by atoms with Crippen molar-refractivity contribution in [3.63, 3.8) is 0 Å². The van der Waals surface area contributed by atoms with Crippen molar-refractivity contribution in [2.75, 3.05) is 4.90 Å². The second-order valence-electron chi connectivity index (χ2n) is 6.46. The maximum absolute atomic E-state index is 12.9. The predicted octanol–water partition coefficient (Wildman–Crippen LogP) is 7.09. The molecule has 0 bridgehead atoms. The Labute approximate surface area is 197 Å². The summed E-state index contributed by atoms with van der Waals surface area (Å²) in [6.07, 6.45) is 1.84. The Hall–Kier alpha value is -2.12. The van der Waals surface area contributed by atoms with Gasteiger partial charge in [-0.1, -0.05) is 72.0 Å². The zero-order valence-corrected chi connectivity index (χ0v) is 19.5. The smallest absolute Gasteiger partial charge is 0.270 e. The van der Waals surface area contributed by atoms with Crippen molar-refractivity contribution in [3.8, 4) is 5.75 Å². The maximum atomic E-state index is 12.9.